The van der Waals surface area contributed by atoms with Gasteiger partial charge in [-0.2, -0.15) is 5.10 Å². The SMILES string of the molecule is Cc1ccc(-n2ncc(C3=NNNN3Cc3cccc(C)c3)c2Cl)cc1. The molecule has 1 aliphatic heterocycles. The van der Waals surface area contributed by atoms with E-state index in [4.69, 9.17) is 11.6 Å². The van der Waals surface area contributed by atoms with E-state index in [1.807, 2.05) is 42.3 Å². The van der Waals surface area contributed by atoms with Crippen molar-refractivity contribution in [2.24, 2.45) is 5.10 Å². The maximum absolute atomic E-state index is 6.61. The standard InChI is InChI=1S/C19H19ClN6/c1-13-6-8-16(9-7-13)26-18(20)17(11-21-26)19-22-23-24-25(19)12-15-5-3-4-14(2)10-15/h3-11,23-24H,12H2,1-2H3. The number of hydrogen-bond donors (Lipinski definition) is 2. The predicted molar refractivity (Wildman–Crippen MR) is 103 cm³/mol. The molecule has 0 amide bonds. The van der Waals surface area contributed by atoms with Crippen molar-refractivity contribution in [1.82, 2.24) is 25.9 Å². The molecule has 2 heterocycles. The second-order valence-electron chi connectivity index (χ2n) is 6.33. The number of benzene rings is 2. The van der Waals surface area contributed by atoms with Crippen LogP contribution in [0.3, 0.4) is 0 Å². The van der Waals surface area contributed by atoms with Gasteiger partial charge in [0.25, 0.3) is 0 Å². The molecule has 0 unspecified atom stereocenters. The minimum absolute atomic E-state index is 0.521. The van der Waals surface area contributed by atoms with Crippen molar-refractivity contribution in [2.75, 3.05) is 0 Å². The zero-order chi connectivity index (χ0) is 18.1. The molecule has 3 aromatic rings. The van der Waals surface area contributed by atoms with Gasteiger partial charge in [-0.25, -0.2) is 10.2 Å². The number of hydrazine groups is 2. The van der Waals surface area contributed by atoms with Crippen molar-refractivity contribution in [3.05, 3.63) is 82.1 Å². The number of halogens is 1. The van der Waals surface area contributed by atoms with Crippen molar-refractivity contribution < 1.29 is 0 Å². The van der Waals surface area contributed by atoms with E-state index in [1.165, 1.54) is 16.7 Å². The van der Waals surface area contributed by atoms with Gasteiger partial charge in [0.1, 0.15) is 5.15 Å². The molecular formula is C19H19ClN6. The lowest BCUT2D eigenvalue weighted by atomic mass is 10.1. The Morgan fingerprint density at radius 1 is 1.04 bits per heavy atom. The second-order valence-corrected chi connectivity index (χ2v) is 6.69. The first kappa shape index (κ1) is 16.6. The van der Waals surface area contributed by atoms with Crippen LogP contribution in [0.4, 0.5) is 0 Å². The van der Waals surface area contributed by atoms with Crippen LogP contribution in [0.2, 0.25) is 5.15 Å². The lowest BCUT2D eigenvalue weighted by Crippen LogP contribution is -2.40. The first-order valence-electron chi connectivity index (χ1n) is 8.34. The van der Waals surface area contributed by atoms with Gasteiger partial charge in [0.2, 0.25) is 0 Å². The molecule has 0 radical (unpaired) electrons. The molecule has 26 heavy (non-hydrogen) atoms. The fraction of sp³-hybridized carbons (Fsp3) is 0.158. The summed E-state index contributed by atoms with van der Waals surface area (Å²) < 4.78 is 1.71. The summed E-state index contributed by atoms with van der Waals surface area (Å²) in [6.45, 7) is 4.78. The minimum atomic E-state index is 0.521. The van der Waals surface area contributed by atoms with E-state index in [0.717, 1.165) is 11.3 Å². The van der Waals surface area contributed by atoms with Gasteiger partial charge >= 0.3 is 0 Å². The van der Waals surface area contributed by atoms with Crippen molar-refractivity contribution in [3.8, 4) is 5.69 Å². The smallest absolute Gasteiger partial charge is 0.178 e. The number of rotatable bonds is 4. The third-order valence-corrected chi connectivity index (χ3v) is 4.62. The van der Waals surface area contributed by atoms with Crippen molar-refractivity contribution in [3.63, 3.8) is 0 Å². The highest BCUT2D eigenvalue weighted by atomic mass is 35.5. The van der Waals surface area contributed by atoms with Crippen LogP contribution in [0.15, 0.2) is 59.8 Å². The molecule has 0 atom stereocenters. The Morgan fingerprint density at radius 3 is 2.62 bits per heavy atom. The molecule has 0 saturated carbocycles. The van der Waals surface area contributed by atoms with E-state index in [2.05, 4.69) is 46.4 Å². The molecular weight excluding hydrogens is 348 g/mol. The van der Waals surface area contributed by atoms with Crippen LogP contribution in [0.5, 0.6) is 0 Å². The van der Waals surface area contributed by atoms with E-state index in [-0.39, 0.29) is 0 Å². The number of amidine groups is 1. The third kappa shape index (κ3) is 3.16. The van der Waals surface area contributed by atoms with Crippen molar-refractivity contribution in [2.45, 2.75) is 20.4 Å². The molecule has 6 nitrogen and oxygen atoms in total. The normalized spacial score (nSPS) is 13.7. The van der Waals surface area contributed by atoms with Gasteiger partial charge in [-0.15, -0.1) is 10.6 Å². The fourth-order valence-electron chi connectivity index (χ4n) is 2.91. The molecule has 7 heteroatoms. The van der Waals surface area contributed by atoms with Gasteiger partial charge in [-0.3, -0.25) is 5.01 Å². The summed E-state index contributed by atoms with van der Waals surface area (Å²) in [6.07, 6.45) is 1.74. The topological polar surface area (TPSA) is 57.5 Å². The summed E-state index contributed by atoms with van der Waals surface area (Å²) >= 11 is 6.61. The maximum atomic E-state index is 6.61. The van der Waals surface area contributed by atoms with Crippen LogP contribution in [0.1, 0.15) is 22.3 Å². The molecule has 132 valence electrons. The number of aryl methyl sites for hydroxylation is 2. The predicted octanol–water partition coefficient (Wildman–Crippen LogP) is 3.33. The lowest BCUT2D eigenvalue weighted by molar-refractivity contribution is 0.288. The highest BCUT2D eigenvalue weighted by Crippen LogP contribution is 2.23. The fourth-order valence-corrected chi connectivity index (χ4v) is 3.19. The summed E-state index contributed by atoms with van der Waals surface area (Å²) in [5.41, 5.74) is 11.1. The Hall–Kier alpha value is -2.83. The van der Waals surface area contributed by atoms with Gasteiger partial charge in [0.05, 0.1) is 24.0 Å². The molecule has 0 spiro atoms. The van der Waals surface area contributed by atoms with Gasteiger partial charge in [-0.05, 0) is 31.5 Å². The number of aromatic nitrogens is 2. The Balaban J connectivity index is 1.61. The zero-order valence-electron chi connectivity index (χ0n) is 14.6. The van der Waals surface area contributed by atoms with Crippen molar-refractivity contribution >= 4 is 17.4 Å². The van der Waals surface area contributed by atoms with Crippen LogP contribution in [-0.4, -0.2) is 20.6 Å². The van der Waals surface area contributed by atoms with Gasteiger partial charge < -0.3 is 0 Å². The highest BCUT2D eigenvalue weighted by Gasteiger charge is 2.24. The minimum Gasteiger partial charge on any atom is -0.266 e. The Bertz CT molecular complexity index is 960. The zero-order valence-corrected chi connectivity index (χ0v) is 15.3. The number of nitrogens with one attached hydrogen (secondary N) is 2. The van der Waals surface area contributed by atoms with Crippen LogP contribution in [0.25, 0.3) is 5.69 Å². The monoisotopic (exact) mass is 366 g/mol. The molecule has 1 aromatic heterocycles. The molecule has 0 saturated heterocycles. The summed E-state index contributed by atoms with van der Waals surface area (Å²) in [7, 11) is 0. The molecule has 2 N–H and O–H groups in total. The maximum Gasteiger partial charge on any atom is 0.178 e. The van der Waals surface area contributed by atoms with Gasteiger partial charge in [0.15, 0.2) is 5.84 Å². The first-order valence-corrected chi connectivity index (χ1v) is 8.72. The molecule has 4 rings (SSSR count). The van der Waals surface area contributed by atoms with E-state index in [0.29, 0.717) is 17.5 Å². The van der Waals surface area contributed by atoms with Crippen LogP contribution in [-0.2, 0) is 6.54 Å². The second kappa shape index (κ2) is 6.82. The Labute approximate surface area is 157 Å². The summed E-state index contributed by atoms with van der Waals surface area (Å²) in [5.74, 6) is 0.704. The van der Waals surface area contributed by atoms with E-state index < -0.39 is 0 Å². The quantitative estimate of drug-likeness (QED) is 0.743. The van der Waals surface area contributed by atoms with Gasteiger partial charge in [0, 0.05) is 0 Å². The van der Waals surface area contributed by atoms with E-state index >= 15 is 0 Å². The highest BCUT2D eigenvalue weighted by molar-refractivity contribution is 6.33. The van der Waals surface area contributed by atoms with Gasteiger partial charge in [-0.1, -0.05) is 59.1 Å². The average molecular weight is 367 g/mol. The Kier molecular flexibility index (Phi) is 4.36. The molecule has 0 aliphatic carbocycles. The third-order valence-electron chi connectivity index (χ3n) is 4.26. The van der Waals surface area contributed by atoms with Crippen LogP contribution < -0.4 is 11.1 Å². The summed E-state index contributed by atoms with van der Waals surface area (Å²) in [5, 5.41) is 11.2. The summed E-state index contributed by atoms with van der Waals surface area (Å²) in [6, 6.07) is 16.4. The van der Waals surface area contributed by atoms with E-state index in [1.54, 1.807) is 10.9 Å². The number of hydrogen-bond acceptors (Lipinski definition) is 5. The average Bonchev–Trinajstić information content (AvgIpc) is 3.22. The number of hydrazone groups is 1. The molecule has 1 aliphatic rings. The number of nitrogens with zero attached hydrogens (tertiary/aromatic N) is 4. The lowest BCUT2D eigenvalue weighted by Gasteiger charge is -2.18. The summed E-state index contributed by atoms with van der Waals surface area (Å²) in [4.78, 5) is 0. The van der Waals surface area contributed by atoms with Crippen molar-refractivity contribution in [1.29, 1.82) is 0 Å². The largest absolute Gasteiger partial charge is 0.266 e. The first-order chi connectivity index (χ1) is 12.6. The molecule has 0 fully saturated rings. The Morgan fingerprint density at radius 2 is 1.85 bits per heavy atom. The van der Waals surface area contributed by atoms with E-state index in [9.17, 15) is 0 Å². The van der Waals surface area contributed by atoms with Crippen LogP contribution >= 0.6 is 11.6 Å². The van der Waals surface area contributed by atoms with Crippen LogP contribution in [0, 0.1) is 13.8 Å². The molecule has 0 bridgehead atoms. The molecule has 2 aromatic carbocycles.